The predicted molar refractivity (Wildman–Crippen MR) is 89.7 cm³/mol. The van der Waals surface area contributed by atoms with E-state index < -0.39 is 45.5 Å². The molecular weight excluding hydrogens is 378 g/mol. The second-order valence-corrected chi connectivity index (χ2v) is 6.10. The molecule has 28 heavy (non-hydrogen) atoms. The van der Waals surface area contributed by atoms with Gasteiger partial charge in [0.15, 0.2) is 0 Å². The fourth-order valence-corrected chi connectivity index (χ4v) is 2.70. The molecule has 0 unspecified atom stereocenters. The first-order valence-electron chi connectivity index (χ1n) is 7.80. The number of nitrogens with one attached hydrogen (secondary N) is 2. The minimum Gasteiger partial charge on any atom is -0.318 e. The first kappa shape index (κ1) is 18.9. The SMILES string of the molecule is C[C@]1(c2ccc([N+](=O)[O-])cc2)NC(=O)N(NC(=O)c2cc(F)cc(F)c2)C1=O. The van der Waals surface area contributed by atoms with E-state index in [4.69, 9.17) is 0 Å². The van der Waals surface area contributed by atoms with Crippen molar-refractivity contribution in [3.05, 3.63) is 75.3 Å². The molecule has 0 aliphatic carbocycles. The Hall–Kier alpha value is -3.89. The highest BCUT2D eigenvalue weighted by atomic mass is 19.1. The van der Waals surface area contributed by atoms with Crippen LogP contribution in [0.5, 0.6) is 0 Å². The molecule has 144 valence electrons. The van der Waals surface area contributed by atoms with Crippen molar-refractivity contribution in [1.82, 2.24) is 15.8 Å². The van der Waals surface area contributed by atoms with E-state index in [9.17, 15) is 33.3 Å². The molecule has 1 aliphatic heterocycles. The van der Waals surface area contributed by atoms with Crippen molar-refractivity contribution in [1.29, 1.82) is 0 Å². The maximum Gasteiger partial charge on any atom is 0.344 e. The number of nitro benzene ring substituents is 1. The maximum atomic E-state index is 13.3. The van der Waals surface area contributed by atoms with E-state index in [0.29, 0.717) is 11.1 Å². The van der Waals surface area contributed by atoms with Crippen LogP contribution >= 0.6 is 0 Å². The highest BCUT2D eigenvalue weighted by Gasteiger charge is 2.50. The number of amides is 4. The summed E-state index contributed by atoms with van der Waals surface area (Å²) in [4.78, 5) is 47.2. The van der Waals surface area contributed by atoms with Gasteiger partial charge in [0.05, 0.1) is 4.92 Å². The van der Waals surface area contributed by atoms with Crippen molar-refractivity contribution in [3.8, 4) is 0 Å². The summed E-state index contributed by atoms with van der Waals surface area (Å²) < 4.78 is 26.5. The monoisotopic (exact) mass is 390 g/mol. The number of carbonyl (C=O) groups excluding carboxylic acids is 3. The number of benzene rings is 2. The van der Waals surface area contributed by atoms with Crippen molar-refractivity contribution in [3.63, 3.8) is 0 Å². The molecule has 3 rings (SSSR count). The Morgan fingerprint density at radius 1 is 1.14 bits per heavy atom. The normalized spacial score (nSPS) is 18.8. The highest BCUT2D eigenvalue weighted by Crippen LogP contribution is 2.29. The molecule has 1 heterocycles. The first-order chi connectivity index (χ1) is 13.1. The number of hydrogen-bond acceptors (Lipinski definition) is 5. The van der Waals surface area contributed by atoms with Crippen LogP contribution in [0.25, 0.3) is 0 Å². The Balaban J connectivity index is 1.84. The van der Waals surface area contributed by atoms with Crippen LogP contribution in [-0.2, 0) is 10.3 Å². The second-order valence-electron chi connectivity index (χ2n) is 6.10. The van der Waals surface area contributed by atoms with Gasteiger partial charge in [-0.2, -0.15) is 5.01 Å². The van der Waals surface area contributed by atoms with Crippen molar-refractivity contribution < 1.29 is 28.1 Å². The third-order valence-electron chi connectivity index (χ3n) is 4.18. The summed E-state index contributed by atoms with van der Waals surface area (Å²) >= 11 is 0. The number of imide groups is 1. The number of carbonyl (C=O) groups is 3. The van der Waals surface area contributed by atoms with Gasteiger partial charge in [-0.05, 0) is 36.8 Å². The Morgan fingerprint density at radius 3 is 2.25 bits per heavy atom. The van der Waals surface area contributed by atoms with Gasteiger partial charge in [-0.25, -0.2) is 13.6 Å². The van der Waals surface area contributed by atoms with Gasteiger partial charge in [0, 0.05) is 23.8 Å². The van der Waals surface area contributed by atoms with E-state index >= 15 is 0 Å². The topological polar surface area (TPSA) is 122 Å². The molecular formula is C17H12F2N4O5. The summed E-state index contributed by atoms with van der Waals surface area (Å²) in [6.45, 7) is 1.35. The van der Waals surface area contributed by atoms with Gasteiger partial charge in [-0.3, -0.25) is 25.1 Å². The molecule has 4 amide bonds. The summed E-state index contributed by atoms with van der Waals surface area (Å²) in [6, 6.07) is 5.99. The van der Waals surface area contributed by atoms with Crippen molar-refractivity contribution in [2.45, 2.75) is 12.5 Å². The minimum absolute atomic E-state index is 0.206. The lowest BCUT2D eigenvalue weighted by Gasteiger charge is -2.22. The second kappa shape index (κ2) is 6.68. The number of urea groups is 1. The fraction of sp³-hybridized carbons (Fsp3) is 0.118. The van der Waals surface area contributed by atoms with Gasteiger partial charge in [0.1, 0.15) is 17.2 Å². The van der Waals surface area contributed by atoms with Gasteiger partial charge < -0.3 is 5.32 Å². The lowest BCUT2D eigenvalue weighted by Crippen LogP contribution is -2.48. The van der Waals surface area contributed by atoms with Crippen LogP contribution in [0.15, 0.2) is 42.5 Å². The molecule has 0 aromatic heterocycles. The van der Waals surface area contributed by atoms with E-state index in [1.807, 2.05) is 5.43 Å². The molecule has 0 radical (unpaired) electrons. The summed E-state index contributed by atoms with van der Waals surface area (Å²) in [6.07, 6.45) is 0. The van der Waals surface area contributed by atoms with E-state index in [-0.39, 0.29) is 11.3 Å². The predicted octanol–water partition coefficient (Wildman–Crippen LogP) is 1.98. The van der Waals surface area contributed by atoms with E-state index in [1.165, 1.54) is 19.1 Å². The Kier molecular flexibility index (Phi) is 4.51. The van der Waals surface area contributed by atoms with E-state index in [0.717, 1.165) is 24.3 Å². The number of nitro groups is 1. The molecule has 1 aliphatic rings. The highest BCUT2D eigenvalue weighted by molar-refractivity contribution is 6.09. The molecule has 2 aromatic rings. The average Bonchev–Trinajstić information content (AvgIpc) is 2.85. The van der Waals surface area contributed by atoms with Crippen LogP contribution < -0.4 is 10.7 Å². The van der Waals surface area contributed by atoms with Gasteiger partial charge in [0.2, 0.25) is 0 Å². The molecule has 1 fully saturated rings. The summed E-state index contributed by atoms with van der Waals surface area (Å²) in [5, 5.41) is 13.5. The van der Waals surface area contributed by atoms with Crippen LogP contribution in [0.1, 0.15) is 22.8 Å². The van der Waals surface area contributed by atoms with Crippen molar-refractivity contribution >= 4 is 23.5 Å². The smallest absolute Gasteiger partial charge is 0.318 e. The summed E-state index contributed by atoms with van der Waals surface area (Å²) in [5.41, 5.74) is -0.00356. The summed E-state index contributed by atoms with van der Waals surface area (Å²) in [7, 11) is 0. The van der Waals surface area contributed by atoms with Crippen molar-refractivity contribution in [2.75, 3.05) is 0 Å². The Bertz CT molecular complexity index is 991. The maximum absolute atomic E-state index is 13.3. The standard InChI is InChI=1S/C17H12F2N4O5/c1-17(10-2-4-13(5-3-10)23(27)28)15(25)22(16(26)20-17)21-14(24)9-6-11(18)8-12(19)7-9/h2-8H,1H3,(H,20,26)(H,21,24)/t17-/m1/s1. The zero-order valence-corrected chi connectivity index (χ0v) is 14.2. The Labute approximate surface area is 156 Å². The number of non-ortho nitro benzene ring substituents is 1. The van der Waals surface area contributed by atoms with Crippen LogP contribution in [-0.4, -0.2) is 27.8 Å². The van der Waals surface area contributed by atoms with E-state index in [2.05, 4.69) is 5.32 Å². The molecule has 2 N–H and O–H groups in total. The van der Waals surface area contributed by atoms with Gasteiger partial charge in [-0.15, -0.1) is 0 Å². The first-order valence-corrected chi connectivity index (χ1v) is 7.80. The Morgan fingerprint density at radius 2 is 1.71 bits per heavy atom. The van der Waals surface area contributed by atoms with Crippen LogP contribution in [0.4, 0.5) is 19.3 Å². The minimum atomic E-state index is -1.60. The summed E-state index contributed by atoms with van der Waals surface area (Å²) in [5.74, 6) is -3.96. The molecule has 1 saturated heterocycles. The largest absolute Gasteiger partial charge is 0.344 e. The van der Waals surface area contributed by atoms with Crippen LogP contribution in [0, 0.1) is 21.7 Å². The van der Waals surface area contributed by atoms with Crippen molar-refractivity contribution in [2.24, 2.45) is 0 Å². The molecule has 9 nitrogen and oxygen atoms in total. The molecule has 2 aromatic carbocycles. The molecule has 0 bridgehead atoms. The van der Waals surface area contributed by atoms with Gasteiger partial charge >= 0.3 is 6.03 Å². The third kappa shape index (κ3) is 3.24. The van der Waals surface area contributed by atoms with Gasteiger partial charge in [0.25, 0.3) is 17.5 Å². The van der Waals surface area contributed by atoms with E-state index in [1.54, 1.807) is 0 Å². The number of hydrogen-bond donors (Lipinski definition) is 2. The number of nitrogens with zero attached hydrogens (tertiary/aromatic N) is 2. The van der Waals surface area contributed by atoms with Crippen LogP contribution in [0.2, 0.25) is 0 Å². The van der Waals surface area contributed by atoms with Gasteiger partial charge in [-0.1, -0.05) is 0 Å². The lowest BCUT2D eigenvalue weighted by atomic mass is 9.92. The van der Waals surface area contributed by atoms with Crippen LogP contribution in [0.3, 0.4) is 0 Å². The number of rotatable bonds is 4. The number of halogens is 2. The molecule has 11 heteroatoms. The zero-order valence-electron chi connectivity index (χ0n) is 14.2. The molecule has 0 spiro atoms. The average molecular weight is 390 g/mol. The quantitative estimate of drug-likeness (QED) is 0.470. The lowest BCUT2D eigenvalue weighted by molar-refractivity contribution is -0.384. The fourth-order valence-electron chi connectivity index (χ4n) is 2.70. The number of hydrazine groups is 1. The molecule has 1 atom stereocenters. The third-order valence-corrected chi connectivity index (χ3v) is 4.18. The molecule has 0 saturated carbocycles. The zero-order chi connectivity index (χ0) is 20.6.